The van der Waals surface area contributed by atoms with Gasteiger partial charge in [-0.3, -0.25) is 4.79 Å². The number of rotatable bonds is 4. The van der Waals surface area contributed by atoms with Crippen molar-refractivity contribution in [1.29, 1.82) is 0 Å². The van der Waals surface area contributed by atoms with E-state index in [-0.39, 0.29) is 5.91 Å². The topological polar surface area (TPSA) is 60.3 Å². The van der Waals surface area contributed by atoms with Crippen LogP contribution >= 0.6 is 0 Å². The van der Waals surface area contributed by atoms with Gasteiger partial charge in [0.15, 0.2) is 0 Å². The first-order valence-corrected chi connectivity index (χ1v) is 6.58. The van der Waals surface area contributed by atoms with Crippen molar-refractivity contribution in [2.75, 3.05) is 7.11 Å². The highest BCUT2D eigenvalue weighted by Crippen LogP contribution is 2.12. The second kappa shape index (κ2) is 5.83. The predicted molar refractivity (Wildman–Crippen MR) is 79.3 cm³/mol. The Morgan fingerprint density at radius 3 is 2.19 bits per heavy atom. The van der Waals surface area contributed by atoms with Crippen LogP contribution in [0.25, 0.3) is 5.69 Å². The van der Waals surface area contributed by atoms with Crippen LogP contribution in [0.1, 0.15) is 24.2 Å². The average Bonchev–Trinajstić information content (AvgIpc) is 3.00. The average molecular weight is 286 g/mol. The molecule has 0 unspecified atom stereocenters. The third-order valence-corrected chi connectivity index (χ3v) is 3.15. The van der Waals surface area contributed by atoms with E-state index in [1.54, 1.807) is 26.0 Å². The van der Waals surface area contributed by atoms with Gasteiger partial charge in [-0.1, -0.05) is 0 Å². The molecule has 0 aliphatic heterocycles. The number of amides is 1. The van der Waals surface area contributed by atoms with E-state index in [9.17, 15) is 9.59 Å². The summed E-state index contributed by atoms with van der Waals surface area (Å²) in [7, 11) is 1.29. The largest absolute Gasteiger partial charge is 0.467 e. The van der Waals surface area contributed by atoms with Gasteiger partial charge >= 0.3 is 5.97 Å². The number of ether oxygens (including phenoxy) is 1. The molecule has 1 aromatic carbocycles. The Morgan fingerprint density at radius 2 is 1.67 bits per heavy atom. The van der Waals surface area contributed by atoms with Crippen molar-refractivity contribution in [3.05, 3.63) is 54.4 Å². The lowest BCUT2D eigenvalue weighted by Gasteiger charge is -2.23. The van der Waals surface area contributed by atoms with Crippen molar-refractivity contribution in [3.63, 3.8) is 0 Å². The first-order chi connectivity index (χ1) is 9.94. The third kappa shape index (κ3) is 3.31. The van der Waals surface area contributed by atoms with Crippen LogP contribution in [0.5, 0.6) is 0 Å². The van der Waals surface area contributed by atoms with E-state index in [0.717, 1.165) is 5.69 Å². The summed E-state index contributed by atoms with van der Waals surface area (Å²) in [5, 5.41) is 2.66. The van der Waals surface area contributed by atoms with E-state index >= 15 is 0 Å². The van der Waals surface area contributed by atoms with Crippen molar-refractivity contribution in [2.45, 2.75) is 19.4 Å². The lowest BCUT2D eigenvalue weighted by molar-refractivity contribution is -0.146. The summed E-state index contributed by atoms with van der Waals surface area (Å²) in [4.78, 5) is 23.7. The molecule has 21 heavy (non-hydrogen) atoms. The third-order valence-electron chi connectivity index (χ3n) is 3.15. The Kier molecular flexibility index (Phi) is 4.12. The lowest BCUT2D eigenvalue weighted by atomic mass is 10.0. The second-order valence-electron chi connectivity index (χ2n) is 5.21. The van der Waals surface area contributed by atoms with Crippen molar-refractivity contribution >= 4 is 11.9 Å². The fourth-order valence-corrected chi connectivity index (χ4v) is 1.95. The monoisotopic (exact) mass is 286 g/mol. The van der Waals surface area contributed by atoms with Gasteiger partial charge in [0.25, 0.3) is 5.91 Å². The maximum Gasteiger partial charge on any atom is 0.330 e. The maximum atomic E-state index is 12.2. The van der Waals surface area contributed by atoms with Gasteiger partial charge in [0.05, 0.1) is 7.11 Å². The van der Waals surface area contributed by atoms with Crippen molar-refractivity contribution in [3.8, 4) is 5.69 Å². The van der Waals surface area contributed by atoms with E-state index in [0.29, 0.717) is 5.56 Å². The molecule has 0 aliphatic carbocycles. The molecule has 110 valence electrons. The summed E-state index contributed by atoms with van der Waals surface area (Å²) in [6.07, 6.45) is 3.85. The lowest BCUT2D eigenvalue weighted by Crippen LogP contribution is -2.50. The Balaban J connectivity index is 2.12. The van der Waals surface area contributed by atoms with Gasteiger partial charge in [0.1, 0.15) is 5.54 Å². The fraction of sp³-hybridized carbons (Fsp3) is 0.250. The molecule has 0 fully saturated rings. The Bertz CT molecular complexity index is 628. The molecule has 5 heteroatoms. The minimum Gasteiger partial charge on any atom is -0.467 e. The van der Waals surface area contributed by atoms with Gasteiger partial charge in [0, 0.05) is 23.6 Å². The summed E-state index contributed by atoms with van der Waals surface area (Å²) in [6.45, 7) is 3.20. The first kappa shape index (κ1) is 14.8. The summed E-state index contributed by atoms with van der Waals surface area (Å²) < 4.78 is 6.61. The quantitative estimate of drug-likeness (QED) is 0.876. The van der Waals surface area contributed by atoms with Crippen LogP contribution in [0.4, 0.5) is 0 Å². The minimum atomic E-state index is -1.06. The molecule has 1 aromatic heterocycles. The van der Waals surface area contributed by atoms with Crippen molar-refractivity contribution < 1.29 is 14.3 Å². The van der Waals surface area contributed by atoms with E-state index < -0.39 is 11.5 Å². The second-order valence-corrected chi connectivity index (χ2v) is 5.21. The SMILES string of the molecule is COC(=O)C(C)(C)NC(=O)c1ccc(-n2cccc2)cc1. The van der Waals surface area contributed by atoms with Gasteiger partial charge < -0.3 is 14.6 Å². The number of hydrogen-bond acceptors (Lipinski definition) is 3. The van der Waals surface area contributed by atoms with Crippen LogP contribution in [0.3, 0.4) is 0 Å². The van der Waals surface area contributed by atoms with Gasteiger partial charge in [-0.05, 0) is 50.2 Å². The summed E-state index contributed by atoms with van der Waals surface area (Å²) in [5.74, 6) is -0.802. The van der Waals surface area contributed by atoms with E-state index in [4.69, 9.17) is 0 Å². The molecule has 1 heterocycles. The number of carbonyl (C=O) groups is 2. The maximum absolute atomic E-state index is 12.2. The van der Waals surface area contributed by atoms with E-state index in [1.165, 1.54) is 7.11 Å². The zero-order valence-corrected chi connectivity index (χ0v) is 12.3. The van der Waals surface area contributed by atoms with Crippen LogP contribution in [0, 0.1) is 0 Å². The zero-order chi connectivity index (χ0) is 15.5. The number of methoxy groups -OCH3 is 1. The molecule has 5 nitrogen and oxygen atoms in total. The molecule has 1 N–H and O–H groups in total. The molecule has 2 aromatic rings. The Labute approximate surface area is 123 Å². The van der Waals surface area contributed by atoms with Crippen molar-refractivity contribution in [1.82, 2.24) is 9.88 Å². The molecule has 0 atom stereocenters. The standard InChI is InChI=1S/C16H18N2O3/c1-16(2,15(20)21-3)17-14(19)12-6-8-13(9-7-12)18-10-4-5-11-18/h4-11H,1-3H3,(H,17,19). The fourth-order valence-electron chi connectivity index (χ4n) is 1.95. The first-order valence-electron chi connectivity index (χ1n) is 6.58. The number of carbonyl (C=O) groups excluding carboxylic acids is 2. The van der Waals surface area contributed by atoms with E-state index in [1.807, 2.05) is 41.2 Å². The van der Waals surface area contributed by atoms with Crippen LogP contribution in [0.2, 0.25) is 0 Å². The minimum absolute atomic E-state index is 0.315. The molecule has 0 saturated carbocycles. The molecule has 0 spiro atoms. The zero-order valence-electron chi connectivity index (χ0n) is 12.3. The molecule has 0 radical (unpaired) electrons. The Morgan fingerprint density at radius 1 is 1.10 bits per heavy atom. The number of nitrogens with zero attached hydrogens (tertiary/aromatic N) is 1. The van der Waals surface area contributed by atoms with Crippen LogP contribution in [-0.2, 0) is 9.53 Å². The van der Waals surface area contributed by atoms with Crippen LogP contribution < -0.4 is 5.32 Å². The summed E-state index contributed by atoms with van der Waals surface area (Å²) in [6, 6.07) is 11.0. The van der Waals surface area contributed by atoms with Crippen LogP contribution in [-0.4, -0.2) is 29.1 Å². The summed E-state index contributed by atoms with van der Waals surface area (Å²) >= 11 is 0. The number of benzene rings is 1. The molecular weight excluding hydrogens is 268 g/mol. The molecular formula is C16H18N2O3. The van der Waals surface area contributed by atoms with Gasteiger partial charge in [-0.2, -0.15) is 0 Å². The summed E-state index contributed by atoms with van der Waals surface area (Å²) in [5.41, 5.74) is 0.386. The Hall–Kier alpha value is -2.56. The highest BCUT2D eigenvalue weighted by Gasteiger charge is 2.30. The predicted octanol–water partition coefficient (Wildman–Crippen LogP) is 2.16. The number of nitrogens with one attached hydrogen (secondary N) is 1. The van der Waals surface area contributed by atoms with Crippen LogP contribution in [0.15, 0.2) is 48.8 Å². The number of esters is 1. The normalized spacial score (nSPS) is 11.0. The van der Waals surface area contributed by atoms with E-state index in [2.05, 4.69) is 10.1 Å². The molecule has 2 rings (SSSR count). The van der Waals surface area contributed by atoms with Gasteiger partial charge in [-0.15, -0.1) is 0 Å². The van der Waals surface area contributed by atoms with Gasteiger partial charge in [-0.25, -0.2) is 4.79 Å². The van der Waals surface area contributed by atoms with Gasteiger partial charge in [0.2, 0.25) is 0 Å². The molecule has 0 bridgehead atoms. The number of hydrogen-bond donors (Lipinski definition) is 1. The highest BCUT2D eigenvalue weighted by molar-refractivity contribution is 5.98. The smallest absolute Gasteiger partial charge is 0.330 e. The molecule has 0 aliphatic rings. The molecule has 1 amide bonds. The highest BCUT2D eigenvalue weighted by atomic mass is 16.5. The number of aromatic nitrogens is 1. The van der Waals surface area contributed by atoms with Crippen molar-refractivity contribution in [2.24, 2.45) is 0 Å². The molecule has 0 saturated heterocycles.